The van der Waals surface area contributed by atoms with E-state index < -0.39 is 0 Å². The Morgan fingerprint density at radius 2 is 2.58 bits per heavy atom. The maximum absolute atomic E-state index is 10.8. The van der Waals surface area contributed by atoms with Gasteiger partial charge in [0.2, 0.25) is 5.91 Å². The molecule has 0 atom stereocenters. The highest BCUT2D eigenvalue weighted by atomic mass is 32.1. The molecular formula is C9H11NOS. The molecular weight excluding hydrogens is 170 g/mol. The van der Waals surface area contributed by atoms with Crippen LogP contribution in [0.1, 0.15) is 10.4 Å². The molecule has 0 saturated carbocycles. The van der Waals surface area contributed by atoms with Crippen molar-refractivity contribution >= 4 is 17.2 Å². The molecule has 1 rings (SSSR count). The van der Waals surface area contributed by atoms with Crippen molar-refractivity contribution in [1.29, 1.82) is 0 Å². The van der Waals surface area contributed by atoms with Gasteiger partial charge in [0.05, 0.1) is 6.54 Å². The van der Waals surface area contributed by atoms with E-state index in [2.05, 4.69) is 11.9 Å². The lowest BCUT2D eigenvalue weighted by Crippen LogP contribution is -2.19. The van der Waals surface area contributed by atoms with Crippen LogP contribution in [-0.2, 0) is 11.3 Å². The third-order valence-electron chi connectivity index (χ3n) is 1.58. The Balaban J connectivity index is 2.48. The van der Waals surface area contributed by atoms with Crippen molar-refractivity contribution in [3.63, 3.8) is 0 Å². The predicted molar refractivity (Wildman–Crippen MR) is 51.1 cm³/mol. The lowest BCUT2D eigenvalue weighted by Gasteiger charge is -1.99. The predicted octanol–water partition coefficient (Wildman–Crippen LogP) is 1.86. The highest BCUT2D eigenvalue weighted by Crippen LogP contribution is 2.14. The zero-order valence-corrected chi connectivity index (χ0v) is 7.78. The second-order valence-corrected chi connectivity index (χ2v) is 3.45. The highest BCUT2D eigenvalue weighted by Gasteiger charge is 1.99. The lowest BCUT2D eigenvalue weighted by molar-refractivity contribution is -0.116. The van der Waals surface area contributed by atoms with E-state index in [0.717, 1.165) is 0 Å². The first-order valence-corrected chi connectivity index (χ1v) is 4.55. The summed E-state index contributed by atoms with van der Waals surface area (Å²) < 4.78 is 0. The summed E-state index contributed by atoms with van der Waals surface area (Å²) in [5, 5.41) is 4.75. The maximum atomic E-state index is 10.8. The first kappa shape index (κ1) is 9.00. The standard InChI is InChI=1S/C9H11NOS/c1-3-9(11)10-6-8-7(2)4-5-12-8/h3-5H,1,6H2,2H3,(H,10,11). The lowest BCUT2D eigenvalue weighted by atomic mass is 10.3. The molecule has 0 aliphatic rings. The molecule has 3 heteroatoms. The Bertz CT molecular complexity index is 290. The van der Waals surface area contributed by atoms with Gasteiger partial charge in [-0.15, -0.1) is 11.3 Å². The van der Waals surface area contributed by atoms with Gasteiger partial charge in [-0.25, -0.2) is 0 Å². The summed E-state index contributed by atoms with van der Waals surface area (Å²) in [4.78, 5) is 12.0. The van der Waals surface area contributed by atoms with E-state index in [1.807, 2.05) is 18.4 Å². The summed E-state index contributed by atoms with van der Waals surface area (Å²) in [7, 11) is 0. The van der Waals surface area contributed by atoms with Gasteiger partial charge < -0.3 is 5.32 Å². The van der Waals surface area contributed by atoms with E-state index >= 15 is 0 Å². The number of amides is 1. The molecule has 2 nitrogen and oxygen atoms in total. The molecule has 1 heterocycles. The smallest absolute Gasteiger partial charge is 0.243 e. The Kier molecular flexibility index (Phi) is 3.05. The fourth-order valence-corrected chi connectivity index (χ4v) is 1.67. The van der Waals surface area contributed by atoms with Gasteiger partial charge in [0, 0.05) is 4.88 Å². The van der Waals surface area contributed by atoms with Crippen LogP contribution in [0.4, 0.5) is 0 Å². The van der Waals surface area contributed by atoms with Gasteiger partial charge in [0.15, 0.2) is 0 Å². The molecule has 64 valence electrons. The molecule has 0 unspecified atom stereocenters. The summed E-state index contributed by atoms with van der Waals surface area (Å²) >= 11 is 1.65. The van der Waals surface area contributed by atoms with Crippen molar-refractivity contribution in [2.75, 3.05) is 0 Å². The molecule has 0 aliphatic carbocycles. The molecule has 12 heavy (non-hydrogen) atoms. The van der Waals surface area contributed by atoms with Crippen LogP contribution in [0.25, 0.3) is 0 Å². The number of rotatable bonds is 3. The Morgan fingerprint density at radius 3 is 3.08 bits per heavy atom. The number of hydrogen-bond acceptors (Lipinski definition) is 2. The SMILES string of the molecule is C=CC(=O)NCc1sccc1C. The first-order valence-electron chi connectivity index (χ1n) is 3.67. The van der Waals surface area contributed by atoms with Crippen LogP contribution in [0.15, 0.2) is 24.1 Å². The largest absolute Gasteiger partial charge is 0.348 e. The van der Waals surface area contributed by atoms with Gasteiger partial charge >= 0.3 is 0 Å². The molecule has 0 saturated heterocycles. The van der Waals surface area contributed by atoms with Gasteiger partial charge in [0.25, 0.3) is 0 Å². The summed E-state index contributed by atoms with van der Waals surface area (Å²) in [5.41, 5.74) is 1.23. The van der Waals surface area contributed by atoms with Crippen LogP contribution >= 0.6 is 11.3 Å². The topological polar surface area (TPSA) is 29.1 Å². The van der Waals surface area contributed by atoms with Crippen molar-refractivity contribution in [2.24, 2.45) is 0 Å². The van der Waals surface area contributed by atoms with Crippen molar-refractivity contribution in [1.82, 2.24) is 5.32 Å². The van der Waals surface area contributed by atoms with Gasteiger partial charge in [-0.3, -0.25) is 4.79 Å². The van der Waals surface area contributed by atoms with E-state index in [0.29, 0.717) is 6.54 Å². The third-order valence-corrected chi connectivity index (χ3v) is 2.60. The van der Waals surface area contributed by atoms with Gasteiger partial charge in [-0.1, -0.05) is 6.58 Å². The van der Waals surface area contributed by atoms with Crippen LogP contribution in [0.2, 0.25) is 0 Å². The number of hydrogen-bond donors (Lipinski definition) is 1. The van der Waals surface area contributed by atoms with E-state index in [1.165, 1.54) is 16.5 Å². The molecule has 1 aromatic rings. The fraction of sp³-hybridized carbons (Fsp3) is 0.222. The van der Waals surface area contributed by atoms with Crippen molar-refractivity contribution < 1.29 is 4.79 Å². The van der Waals surface area contributed by atoms with Gasteiger partial charge in [0.1, 0.15) is 0 Å². The van der Waals surface area contributed by atoms with Crippen LogP contribution in [0, 0.1) is 6.92 Å². The first-order chi connectivity index (χ1) is 5.74. The molecule has 1 aromatic heterocycles. The fourth-order valence-electron chi connectivity index (χ4n) is 0.825. The van der Waals surface area contributed by atoms with Gasteiger partial charge in [-0.2, -0.15) is 0 Å². The number of carbonyl (C=O) groups is 1. The maximum Gasteiger partial charge on any atom is 0.243 e. The Hall–Kier alpha value is -1.09. The molecule has 0 fully saturated rings. The minimum atomic E-state index is -0.122. The molecule has 0 spiro atoms. The van der Waals surface area contributed by atoms with Crippen LogP contribution in [0.5, 0.6) is 0 Å². The van der Waals surface area contributed by atoms with Crippen molar-refractivity contribution in [3.8, 4) is 0 Å². The minimum absolute atomic E-state index is 0.122. The molecule has 0 bridgehead atoms. The van der Waals surface area contributed by atoms with Crippen LogP contribution < -0.4 is 5.32 Å². The quantitative estimate of drug-likeness (QED) is 0.708. The number of aryl methyl sites for hydroxylation is 1. The van der Waals surface area contributed by atoms with E-state index in [4.69, 9.17) is 0 Å². The molecule has 0 aliphatic heterocycles. The summed E-state index contributed by atoms with van der Waals surface area (Å²) in [6, 6.07) is 2.04. The second-order valence-electron chi connectivity index (χ2n) is 2.45. The molecule has 1 N–H and O–H groups in total. The van der Waals surface area contributed by atoms with Crippen molar-refractivity contribution in [3.05, 3.63) is 34.5 Å². The van der Waals surface area contributed by atoms with Crippen LogP contribution in [-0.4, -0.2) is 5.91 Å². The summed E-state index contributed by atoms with van der Waals surface area (Å²) in [6.45, 7) is 6.01. The average Bonchev–Trinajstić information content (AvgIpc) is 2.47. The van der Waals surface area contributed by atoms with Crippen LogP contribution in [0.3, 0.4) is 0 Å². The second kappa shape index (κ2) is 4.07. The summed E-state index contributed by atoms with van der Waals surface area (Å²) in [6.07, 6.45) is 1.28. The zero-order chi connectivity index (χ0) is 8.97. The number of carbonyl (C=O) groups excluding carboxylic acids is 1. The van der Waals surface area contributed by atoms with Crippen molar-refractivity contribution in [2.45, 2.75) is 13.5 Å². The molecule has 0 radical (unpaired) electrons. The molecule has 1 amide bonds. The highest BCUT2D eigenvalue weighted by molar-refractivity contribution is 7.10. The normalized spacial score (nSPS) is 9.42. The van der Waals surface area contributed by atoms with E-state index in [1.54, 1.807) is 11.3 Å². The Morgan fingerprint density at radius 1 is 1.83 bits per heavy atom. The number of thiophene rings is 1. The molecule has 0 aromatic carbocycles. The monoisotopic (exact) mass is 181 g/mol. The minimum Gasteiger partial charge on any atom is -0.348 e. The number of nitrogens with one attached hydrogen (secondary N) is 1. The Labute approximate surface area is 75.9 Å². The third kappa shape index (κ3) is 2.20. The summed E-state index contributed by atoms with van der Waals surface area (Å²) in [5.74, 6) is -0.122. The average molecular weight is 181 g/mol. The van der Waals surface area contributed by atoms with Gasteiger partial charge in [-0.05, 0) is 30.0 Å². The van der Waals surface area contributed by atoms with E-state index in [-0.39, 0.29) is 5.91 Å². The zero-order valence-electron chi connectivity index (χ0n) is 6.96. The van der Waals surface area contributed by atoms with E-state index in [9.17, 15) is 4.79 Å².